The zero-order valence-electron chi connectivity index (χ0n) is 16.5. The molecule has 26 heavy (non-hydrogen) atoms. The van der Waals surface area contributed by atoms with Gasteiger partial charge < -0.3 is 5.11 Å². The number of aliphatic hydroxyl groups excluding tert-OH is 1. The summed E-state index contributed by atoms with van der Waals surface area (Å²) in [7, 11) is 0. The minimum atomic E-state index is 0. The zero-order valence-corrected chi connectivity index (χ0v) is 21.2. The van der Waals surface area contributed by atoms with Crippen molar-refractivity contribution in [2.45, 2.75) is 65.2 Å². The summed E-state index contributed by atoms with van der Waals surface area (Å²) in [6.45, 7) is 6.20. The van der Waals surface area contributed by atoms with E-state index >= 15 is 0 Å². The van der Waals surface area contributed by atoms with Gasteiger partial charge in [-0.15, -0.1) is 12.4 Å². The molecule has 0 radical (unpaired) electrons. The summed E-state index contributed by atoms with van der Waals surface area (Å²) in [5, 5.41) is 8.14. The van der Waals surface area contributed by atoms with E-state index in [0.29, 0.717) is 12.5 Å². The standard InChI is InChI=1S/2C9H11.C4H10O.ClH.H2Si.Zr/c2*1-2-5-9-7-3-6-8(9)4-1;1-4(2)3-5;;;/h2*3,6-7H,1-2,4-5H2;4-5H,3H2,1-2H3;1H;1H2;/q2*-1;;;;+2. The number of hydrogen-bond acceptors (Lipinski definition) is 1. The predicted octanol–water partition coefficient (Wildman–Crippen LogP) is 4.71. The second kappa shape index (κ2) is 16.0. The maximum atomic E-state index is 8.14. The van der Waals surface area contributed by atoms with Gasteiger partial charge in [-0.05, 0) is 5.92 Å². The number of rotatable bonds is 1. The van der Waals surface area contributed by atoms with Crippen LogP contribution < -0.4 is 0 Å². The van der Waals surface area contributed by atoms with Crippen LogP contribution >= 0.6 is 12.4 Å². The summed E-state index contributed by atoms with van der Waals surface area (Å²) < 4.78 is 0. The predicted molar refractivity (Wildman–Crippen MR) is 115 cm³/mol. The molecule has 4 heteroatoms. The monoisotopic (exact) mass is 468 g/mol. The molecule has 0 amide bonds. The number of halogens is 1. The van der Waals surface area contributed by atoms with Crippen molar-refractivity contribution in [3.8, 4) is 0 Å². The van der Waals surface area contributed by atoms with Gasteiger partial charge in [-0.2, -0.15) is 46.5 Å². The smallest absolute Gasteiger partial charge is 0.0512 e. The SMILES string of the molecule is CC(C)CO.Cl.[SiH2]=[Zr+2].c1cc2c([cH-]1)CCCC2.c1cc2c([cH-]1)CCCC2. The Hall–Kier alpha value is 0.0500. The fraction of sp³-hybridized carbons (Fsp3) is 0.545. The van der Waals surface area contributed by atoms with Crippen molar-refractivity contribution < 1.29 is 28.4 Å². The summed E-state index contributed by atoms with van der Waals surface area (Å²) in [4.78, 5) is 0. The first-order chi connectivity index (χ1) is 12.2. The van der Waals surface area contributed by atoms with Crippen molar-refractivity contribution >= 4 is 19.3 Å². The number of aliphatic hydroxyl groups is 1. The Kier molecular flexibility index (Phi) is 16.1. The molecule has 144 valence electrons. The van der Waals surface area contributed by atoms with Crippen molar-refractivity contribution in [1.29, 1.82) is 0 Å². The molecule has 0 bridgehead atoms. The summed E-state index contributed by atoms with van der Waals surface area (Å²) in [5.41, 5.74) is 6.39. The first-order valence-electron chi connectivity index (χ1n) is 9.63. The van der Waals surface area contributed by atoms with E-state index in [-0.39, 0.29) is 12.4 Å². The molecule has 2 aliphatic rings. The van der Waals surface area contributed by atoms with E-state index < -0.39 is 0 Å². The molecule has 0 fully saturated rings. The first kappa shape index (κ1) is 26.1. The fourth-order valence-corrected chi connectivity index (χ4v) is 3.23. The Morgan fingerprint density at radius 3 is 1.54 bits per heavy atom. The number of hydrogen-bond donors (Lipinski definition) is 1. The van der Waals surface area contributed by atoms with Gasteiger partial charge in [0.1, 0.15) is 0 Å². The molecule has 0 unspecified atom stereocenters. The summed E-state index contributed by atoms with van der Waals surface area (Å²) >= 11 is 1.58. The van der Waals surface area contributed by atoms with E-state index in [1.165, 1.54) is 51.4 Å². The normalized spacial score (nSPS) is 14.1. The third-order valence-electron chi connectivity index (χ3n) is 4.66. The molecule has 0 spiro atoms. The van der Waals surface area contributed by atoms with Crippen LogP contribution in [-0.2, 0) is 49.0 Å². The molecule has 4 rings (SSSR count). The zero-order chi connectivity index (χ0) is 18.5. The van der Waals surface area contributed by atoms with Gasteiger partial charge in [0.25, 0.3) is 0 Å². The molecule has 2 aromatic rings. The van der Waals surface area contributed by atoms with E-state index in [9.17, 15) is 0 Å². The van der Waals surface area contributed by atoms with Gasteiger partial charge in [0.2, 0.25) is 0 Å². The van der Waals surface area contributed by atoms with Gasteiger partial charge >= 0.3 is 30.2 Å². The van der Waals surface area contributed by atoms with E-state index in [0.717, 1.165) is 0 Å². The Bertz CT molecular complexity index is 489. The van der Waals surface area contributed by atoms with Crippen molar-refractivity contribution in [3.63, 3.8) is 0 Å². The minimum absolute atomic E-state index is 0. The maximum Gasteiger partial charge on any atom is -0.0512 e. The molecule has 1 N–H and O–H groups in total. The molecule has 0 saturated heterocycles. The summed E-state index contributed by atoms with van der Waals surface area (Å²) in [5.74, 6) is 0.440. The van der Waals surface area contributed by atoms with Crippen LogP contribution in [0.15, 0.2) is 36.4 Å². The molecule has 2 aliphatic carbocycles. The van der Waals surface area contributed by atoms with Gasteiger partial charge in [0.05, 0.1) is 0 Å². The third kappa shape index (κ3) is 9.83. The quantitative estimate of drug-likeness (QED) is 0.473. The van der Waals surface area contributed by atoms with Crippen molar-refractivity contribution in [1.82, 2.24) is 0 Å². The molecule has 0 aliphatic heterocycles. The molecule has 0 aromatic heterocycles. The van der Waals surface area contributed by atoms with Crippen LogP contribution in [0, 0.1) is 5.92 Å². The van der Waals surface area contributed by atoms with Gasteiger partial charge in [-0.1, -0.05) is 65.2 Å². The largest absolute Gasteiger partial charge is 0.210 e. The van der Waals surface area contributed by atoms with Gasteiger partial charge in [0.15, 0.2) is 0 Å². The Morgan fingerprint density at radius 1 is 0.885 bits per heavy atom. The Labute approximate surface area is 183 Å². The van der Waals surface area contributed by atoms with Crippen molar-refractivity contribution in [2.75, 3.05) is 6.61 Å². The second-order valence-electron chi connectivity index (χ2n) is 7.14. The molecule has 0 heterocycles. The van der Waals surface area contributed by atoms with Crippen LogP contribution in [0.5, 0.6) is 0 Å². The molecular weight excluding hydrogens is 435 g/mol. The third-order valence-corrected chi connectivity index (χ3v) is 4.66. The minimum Gasteiger partial charge on any atom is -0.210 e. The Morgan fingerprint density at radius 2 is 1.23 bits per heavy atom. The maximum absolute atomic E-state index is 8.14. The van der Waals surface area contributed by atoms with Crippen LogP contribution in [0.3, 0.4) is 0 Å². The van der Waals surface area contributed by atoms with Gasteiger partial charge in [0, 0.05) is 6.61 Å². The first-order valence-corrected chi connectivity index (χ1v) is 15.6. The average Bonchev–Trinajstić information content (AvgIpc) is 3.33. The summed E-state index contributed by atoms with van der Waals surface area (Å²) in [6, 6.07) is 13.4. The van der Waals surface area contributed by atoms with Gasteiger partial charge in [-0.25, -0.2) is 12.1 Å². The number of aryl methyl sites for hydroxylation is 4. The average molecular weight is 470 g/mol. The van der Waals surface area contributed by atoms with Crippen LogP contribution in [-0.4, -0.2) is 18.6 Å². The molecule has 0 atom stereocenters. The Balaban J connectivity index is 0.000000352. The van der Waals surface area contributed by atoms with E-state index in [1.807, 2.05) is 20.7 Å². The molecule has 2 aromatic carbocycles. The van der Waals surface area contributed by atoms with Crippen LogP contribution in [0.2, 0.25) is 0 Å². The molecular formula is C22H35ClOSiZr. The topological polar surface area (TPSA) is 20.2 Å². The fourth-order valence-electron chi connectivity index (χ4n) is 3.23. The second-order valence-corrected chi connectivity index (χ2v) is 7.14. The number of fused-ring (bicyclic) bond motifs is 2. The van der Waals surface area contributed by atoms with E-state index in [4.69, 9.17) is 5.11 Å². The van der Waals surface area contributed by atoms with Crippen molar-refractivity contribution in [3.05, 3.63) is 58.7 Å². The molecule has 1 nitrogen and oxygen atoms in total. The molecule has 0 saturated carbocycles. The van der Waals surface area contributed by atoms with Crippen LogP contribution in [0.25, 0.3) is 0 Å². The van der Waals surface area contributed by atoms with Crippen molar-refractivity contribution in [2.24, 2.45) is 5.92 Å². The van der Waals surface area contributed by atoms with E-state index in [1.54, 1.807) is 45.6 Å². The van der Waals surface area contributed by atoms with Crippen LogP contribution in [0.1, 0.15) is 61.8 Å². The van der Waals surface area contributed by atoms with E-state index in [2.05, 4.69) is 36.4 Å². The summed E-state index contributed by atoms with van der Waals surface area (Å²) in [6.07, 6.45) is 10.9. The van der Waals surface area contributed by atoms with Gasteiger partial charge in [-0.3, -0.25) is 0 Å². The van der Waals surface area contributed by atoms with Crippen LogP contribution in [0.4, 0.5) is 0 Å².